The zero-order valence-corrected chi connectivity index (χ0v) is 22.2. The highest BCUT2D eigenvalue weighted by molar-refractivity contribution is 9.10. The Morgan fingerprint density at radius 1 is 0.568 bits per heavy atom. The summed E-state index contributed by atoms with van der Waals surface area (Å²) in [5, 5.41) is 0.805. The van der Waals surface area contributed by atoms with Crippen LogP contribution < -0.4 is 11.3 Å². The van der Waals surface area contributed by atoms with E-state index in [2.05, 4.69) is 41.8 Å². The van der Waals surface area contributed by atoms with Crippen molar-refractivity contribution in [3.63, 3.8) is 0 Å². The molecule has 0 aliphatic rings. The number of benzene rings is 4. The fourth-order valence-electron chi connectivity index (χ4n) is 4.13. The van der Waals surface area contributed by atoms with Gasteiger partial charge in [-0.15, -0.1) is 0 Å². The number of rotatable bonds is 4. The maximum Gasteiger partial charge on any atom is 0.347 e. The highest BCUT2D eigenvalue weighted by atomic mass is 79.9. The molecule has 0 spiro atoms. The first-order valence-corrected chi connectivity index (χ1v) is 12.9. The van der Waals surface area contributed by atoms with Crippen molar-refractivity contribution in [2.75, 3.05) is 0 Å². The molecule has 2 heterocycles. The summed E-state index contributed by atoms with van der Waals surface area (Å²) in [6, 6.07) is 25.8. The number of nitrogens with zero attached hydrogens (tertiary/aromatic N) is 2. The van der Waals surface area contributed by atoms with Gasteiger partial charge in [-0.2, -0.15) is 0 Å². The number of aromatic nitrogens is 2. The van der Waals surface area contributed by atoms with E-state index in [-0.39, 0.29) is 11.8 Å². The maximum absolute atomic E-state index is 12.8. The number of hydrogen-bond acceptors (Lipinski definition) is 6. The monoisotopic (exact) mass is 614 g/mol. The van der Waals surface area contributed by atoms with E-state index in [0.29, 0.717) is 28.2 Å². The predicted molar refractivity (Wildman–Crippen MR) is 150 cm³/mol. The topological polar surface area (TPSA) is 86.2 Å². The largest absolute Gasteiger partial charge is 0.403 e. The Morgan fingerprint density at radius 3 is 1.38 bits per heavy atom. The van der Waals surface area contributed by atoms with Gasteiger partial charge in [-0.3, -0.25) is 0 Å². The van der Waals surface area contributed by atoms with Gasteiger partial charge < -0.3 is 8.83 Å². The summed E-state index contributed by atoms with van der Waals surface area (Å²) in [6.07, 6.45) is 0.508. The lowest BCUT2D eigenvalue weighted by atomic mass is 10.0. The molecule has 0 atom stereocenters. The molecule has 6 rings (SSSR count). The third-order valence-electron chi connectivity index (χ3n) is 5.98. The third-order valence-corrected chi connectivity index (χ3v) is 7.03. The van der Waals surface area contributed by atoms with Gasteiger partial charge in [0.1, 0.15) is 0 Å². The first-order chi connectivity index (χ1) is 17.9. The lowest BCUT2D eigenvalue weighted by molar-refractivity contribution is 0.518. The molecule has 0 N–H and O–H groups in total. The fraction of sp³-hybridized carbons (Fsp3) is 0.0345. The van der Waals surface area contributed by atoms with Crippen LogP contribution in [-0.2, 0) is 6.42 Å². The summed E-state index contributed by atoms with van der Waals surface area (Å²) in [5.74, 6) is 0.544. The molecule has 180 valence electrons. The molecule has 0 bridgehead atoms. The van der Waals surface area contributed by atoms with Crippen LogP contribution >= 0.6 is 31.9 Å². The first kappa shape index (κ1) is 23.5. The van der Waals surface area contributed by atoms with Crippen LogP contribution in [0.25, 0.3) is 44.7 Å². The molecule has 2 aromatic heterocycles. The normalized spacial score (nSPS) is 11.3. The Hall–Kier alpha value is -3.88. The van der Waals surface area contributed by atoms with Crippen molar-refractivity contribution in [2.24, 2.45) is 0 Å². The van der Waals surface area contributed by atoms with Gasteiger partial charge in [-0.05, 0) is 90.3 Å². The number of fused-ring (bicyclic) bond motifs is 2. The smallest absolute Gasteiger partial charge is 0.347 e. The van der Waals surface area contributed by atoms with Crippen molar-refractivity contribution in [2.45, 2.75) is 6.42 Å². The van der Waals surface area contributed by atoms with Crippen molar-refractivity contribution in [1.29, 1.82) is 0 Å². The van der Waals surface area contributed by atoms with E-state index < -0.39 is 11.3 Å². The molecular formula is C29H16Br2N2O4. The molecule has 0 radical (unpaired) electrons. The molecule has 0 unspecified atom stereocenters. The standard InChI is InChI=1S/C29H16Br2N2O4/c30-20-7-3-18(4-8-20)26-32-24-11-1-16(14-22(24)28(34)36-26)13-17-2-12-25-23(15-17)29(35)37-27(33-25)19-5-9-21(31)10-6-19/h1-12,14-15H,13H2. The summed E-state index contributed by atoms with van der Waals surface area (Å²) in [5.41, 5.74) is 3.43. The van der Waals surface area contributed by atoms with Gasteiger partial charge in [0.2, 0.25) is 11.8 Å². The molecule has 8 heteroatoms. The average Bonchev–Trinajstić information content (AvgIpc) is 2.90. The molecule has 37 heavy (non-hydrogen) atoms. The van der Waals surface area contributed by atoms with Crippen molar-refractivity contribution in [1.82, 2.24) is 9.97 Å². The van der Waals surface area contributed by atoms with E-state index in [4.69, 9.17) is 8.83 Å². The lowest BCUT2D eigenvalue weighted by Crippen LogP contribution is -2.05. The fourth-order valence-corrected chi connectivity index (χ4v) is 4.65. The van der Waals surface area contributed by atoms with Gasteiger partial charge >= 0.3 is 11.3 Å². The Balaban J connectivity index is 1.31. The van der Waals surface area contributed by atoms with Gasteiger partial charge in [0, 0.05) is 20.1 Å². The lowest BCUT2D eigenvalue weighted by Gasteiger charge is -2.07. The summed E-state index contributed by atoms with van der Waals surface area (Å²) >= 11 is 6.80. The molecular weight excluding hydrogens is 600 g/mol. The second kappa shape index (κ2) is 9.53. The summed E-state index contributed by atoms with van der Waals surface area (Å²) in [6.45, 7) is 0. The predicted octanol–water partition coefficient (Wildman–Crippen LogP) is 7.14. The van der Waals surface area contributed by atoms with Gasteiger partial charge in [0.15, 0.2) is 0 Å². The van der Waals surface area contributed by atoms with Gasteiger partial charge in [0.05, 0.1) is 21.8 Å². The van der Waals surface area contributed by atoms with Crippen LogP contribution in [0.2, 0.25) is 0 Å². The highest BCUT2D eigenvalue weighted by Gasteiger charge is 2.12. The Morgan fingerprint density at radius 2 is 0.973 bits per heavy atom. The van der Waals surface area contributed by atoms with Crippen molar-refractivity contribution >= 4 is 53.7 Å². The van der Waals surface area contributed by atoms with Crippen LogP contribution in [0.1, 0.15) is 11.1 Å². The number of halogens is 2. The minimum Gasteiger partial charge on any atom is -0.403 e. The molecule has 0 amide bonds. The number of hydrogen-bond donors (Lipinski definition) is 0. The molecule has 6 nitrogen and oxygen atoms in total. The van der Waals surface area contributed by atoms with E-state index >= 15 is 0 Å². The Bertz CT molecular complexity index is 1770. The van der Waals surface area contributed by atoms with E-state index in [1.165, 1.54) is 0 Å². The Labute approximate surface area is 226 Å². The van der Waals surface area contributed by atoms with Crippen molar-refractivity contribution in [3.05, 3.63) is 126 Å². The Kier molecular flexibility index (Phi) is 6.06. The minimum absolute atomic E-state index is 0.272. The van der Waals surface area contributed by atoms with Crippen LogP contribution in [0.3, 0.4) is 0 Å². The van der Waals surface area contributed by atoms with E-state index in [0.717, 1.165) is 31.2 Å². The molecule has 0 aliphatic heterocycles. The SMILES string of the molecule is O=c1oc(-c2ccc(Br)cc2)nc2ccc(Cc3ccc4nc(-c5ccc(Br)cc5)oc(=O)c4c3)cc12. The van der Waals surface area contributed by atoms with E-state index in [1.807, 2.05) is 72.8 Å². The van der Waals surface area contributed by atoms with Crippen LogP contribution in [0.5, 0.6) is 0 Å². The van der Waals surface area contributed by atoms with Crippen molar-refractivity contribution in [3.8, 4) is 22.9 Å². The quantitative estimate of drug-likeness (QED) is 0.209. The summed E-state index contributed by atoms with van der Waals surface area (Å²) in [4.78, 5) is 34.6. The van der Waals surface area contributed by atoms with E-state index in [1.54, 1.807) is 12.1 Å². The van der Waals surface area contributed by atoms with Crippen LogP contribution in [-0.4, -0.2) is 9.97 Å². The van der Waals surface area contributed by atoms with Gasteiger partial charge in [-0.1, -0.05) is 44.0 Å². The van der Waals surface area contributed by atoms with Crippen LogP contribution in [0.15, 0.2) is 112 Å². The molecule has 0 saturated heterocycles. The zero-order chi connectivity index (χ0) is 25.5. The van der Waals surface area contributed by atoms with Gasteiger partial charge in [0.25, 0.3) is 0 Å². The summed E-state index contributed by atoms with van der Waals surface area (Å²) in [7, 11) is 0. The van der Waals surface area contributed by atoms with Crippen LogP contribution in [0, 0.1) is 0 Å². The maximum atomic E-state index is 12.8. The molecule has 0 aliphatic carbocycles. The third kappa shape index (κ3) is 4.77. The second-order valence-corrected chi connectivity index (χ2v) is 10.3. The molecule has 0 saturated carbocycles. The van der Waals surface area contributed by atoms with Gasteiger partial charge in [-0.25, -0.2) is 19.6 Å². The van der Waals surface area contributed by atoms with E-state index in [9.17, 15) is 9.59 Å². The second-order valence-electron chi connectivity index (χ2n) is 8.51. The average molecular weight is 616 g/mol. The van der Waals surface area contributed by atoms with Crippen LogP contribution in [0.4, 0.5) is 0 Å². The minimum atomic E-state index is -0.450. The highest BCUT2D eigenvalue weighted by Crippen LogP contribution is 2.24. The molecule has 6 aromatic rings. The van der Waals surface area contributed by atoms with Crippen molar-refractivity contribution < 1.29 is 8.83 Å². The molecule has 0 fully saturated rings. The first-order valence-electron chi connectivity index (χ1n) is 11.3. The molecule has 4 aromatic carbocycles. The zero-order valence-electron chi connectivity index (χ0n) is 19.1. The summed E-state index contributed by atoms with van der Waals surface area (Å²) < 4.78 is 12.9.